The molecule has 0 aromatic heterocycles. The summed E-state index contributed by atoms with van der Waals surface area (Å²) in [4.78, 5) is 0. The molecule has 0 aliphatic rings. The first kappa shape index (κ1) is 10.5. The van der Waals surface area contributed by atoms with Gasteiger partial charge in [-0.1, -0.05) is 20.4 Å². The maximum atomic E-state index is 8.68. The van der Waals surface area contributed by atoms with E-state index in [1.807, 2.05) is 0 Å². The van der Waals surface area contributed by atoms with Gasteiger partial charge in [0.15, 0.2) is 0 Å². The van der Waals surface area contributed by atoms with Crippen molar-refractivity contribution < 1.29 is 5.11 Å². The standard InChI is InChI=1S/C8H18N2O/c1-7(2)10-5-4-9-6-8(3)11/h7,9-11H,3-6H2,1-2H3. The van der Waals surface area contributed by atoms with Crippen molar-refractivity contribution in [2.45, 2.75) is 19.9 Å². The van der Waals surface area contributed by atoms with Crippen molar-refractivity contribution in [1.29, 1.82) is 0 Å². The lowest BCUT2D eigenvalue weighted by atomic mass is 10.4. The fraction of sp³-hybridized carbons (Fsp3) is 0.750. The molecular formula is C8H18N2O. The second kappa shape index (κ2) is 6.19. The molecule has 66 valence electrons. The van der Waals surface area contributed by atoms with Crippen molar-refractivity contribution in [3.8, 4) is 0 Å². The molecule has 0 saturated carbocycles. The highest BCUT2D eigenvalue weighted by Crippen LogP contribution is 1.76. The van der Waals surface area contributed by atoms with E-state index in [0.717, 1.165) is 13.1 Å². The molecule has 0 spiro atoms. The Morgan fingerprint density at radius 2 is 2.09 bits per heavy atom. The first-order valence-electron chi connectivity index (χ1n) is 3.93. The molecule has 0 fully saturated rings. The summed E-state index contributed by atoms with van der Waals surface area (Å²) in [7, 11) is 0. The predicted octanol–water partition coefficient (Wildman–Crippen LogP) is 0.646. The Kier molecular flexibility index (Phi) is 5.88. The van der Waals surface area contributed by atoms with Gasteiger partial charge in [0.05, 0.1) is 12.3 Å². The topological polar surface area (TPSA) is 44.3 Å². The molecule has 0 aromatic rings. The van der Waals surface area contributed by atoms with Gasteiger partial charge in [-0.3, -0.25) is 0 Å². The van der Waals surface area contributed by atoms with E-state index in [1.54, 1.807) is 0 Å². The number of hydrogen-bond acceptors (Lipinski definition) is 3. The maximum Gasteiger partial charge on any atom is 0.0988 e. The predicted molar refractivity (Wildman–Crippen MR) is 47.8 cm³/mol. The molecule has 0 unspecified atom stereocenters. The minimum absolute atomic E-state index is 0.189. The van der Waals surface area contributed by atoms with Crippen molar-refractivity contribution in [3.63, 3.8) is 0 Å². The van der Waals surface area contributed by atoms with Crippen LogP contribution in [0.5, 0.6) is 0 Å². The van der Waals surface area contributed by atoms with E-state index in [4.69, 9.17) is 5.11 Å². The quantitative estimate of drug-likeness (QED) is 0.393. The van der Waals surface area contributed by atoms with E-state index < -0.39 is 0 Å². The lowest BCUT2D eigenvalue weighted by Crippen LogP contribution is -2.32. The second-order valence-electron chi connectivity index (χ2n) is 2.85. The van der Waals surface area contributed by atoms with E-state index in [0.29, 0.717) is 12.6 Å². The lowest BCUT2D eigenvalue weighted by Gasteiger charge is -2.07. The minimum atomic E-state index is 0.189. The molecule has 0 aromatic carbocycles. The van der Waals surface area contributed by atoms with E-state index in [2.05, 4.69) is 31.1 Å². The van der Waals surface area contributed by atoms with Crippen LogP contribution in [-0.2, 0) is 0 Å². The SMILES string of the molecule is C=C(O)CNCCNC(C)C. The zero-order chi connectivity index (χ0) is 8.69. The monoisotopic (exact) mass is 158 g/mol. The average molecular weight is 158 g/mol. The molecule has 0 aliphatic heterocycles. The van der Waals surface area contributed by atoms with Gasteiger partial charge in [-0.2, -0.15) is 0 Å². The van der Waals surface area contributed by atoms with Crippen molar-refractivity contribution in [1.82, 2.24) is 10.6 Å². The summed E-state index contributed by atoms with van der Waals surface area (Å²) in [6.07, 6.45) is 0. The molecule has 11 heavy (non-hydrogen) atoms. The van der Waals surface area contributed by atoms with Crippen LogP contribution in [0.2, 0.25) is 0 Å². The summed E-state index contributed by atoms with van der Waals surface area (Å²) in [6, 6.07) is 0.522. The summed E-state index contributed by atoms with van der Waals surface area (Å²) in [5.41, 5.74) is 0. The molecule has 0 amide bonds. The minimum Gasteiger partial charge on any atom is -0.512 e. The highest BCUT2D eigenvalue weighted by molar-refractivity contribution is 4.81. The van der Waals surface area contributed by atoms with Gasteiger partial charge in [-0.25, -0.2) is 0 Å². The molecular weight excluding hydrogens is 140 g/mol. The van der Waals surface area contributed by atoms with Crippen LogP contribution in [0.4, 0.5) is 0 Å². The van der Waals surface area contributed by atoms with E-state index >= 15 is 0 Å². The zero-order valence-electron chi connectivity index (χ0n) is 7.35. The summed E-state index contributed by atoms with van der Waals surface area (Å²) in [5, 5.41) is 15.0. The van der Waals surface area contributed by atoms with Crippen molar-refractivity contribution in [2.75, 3.05) is 19.6 Å². The summed E-state index contributed by atoms with van der Waals surface area (Å²) < 4.78 is 0. The third kappa shape index (κ3) is 9.46. The van der Waals surface area contributed by atoms with Crippen LogP contribution in [-0.4, -0.2) is 30.8 Å². The summed E-state index contributed by atoms with van der Waals surface area (Å²) >= 11 is 0. The lowest BCUT2D eigenvalue weighted by molar-refractivity contribution is 0.390. The molecule has 3 nitrogen and oxygen atoms in total. The fourth-order valence-electron chi connectivity index (χ4n) is 0.682. The molecule has 3 heteroatoms. The maximum absolute atomic E-state index is 8.68. The smallest absolute Gasteiger partial charge is 0.0988 e. The number of aliphatic hydroxyl groups excluding tert-OH is 1. The molecule has 0 heterocycles. The summed E-state index contributed by atoms with van der Waals surface area (Å²) in [6.45, 7) is 9.83. The van der Waals surface area contributed by atoms with Gasteiger partial charge in [0.2, 0.25) is 0 Å². The molecule has 0 saturated heterocycles. The van der Waals surface area contributed by atoms with Crippen molar-refractivity contribution >= 4 is 0 Å². The molecule has 3 N–H and O–H groups in total. The van der Waals surface area contributed by atoms with E-state index in [-0.39, 0.29) is 5.76 Å². The molecule has 0 bridgehead atoms. The summed E-state index contributed by atoms with van der Waals surface area (Å²) in [5.74, 6) is 0.189. The molecule has 0 aliphatic carbocycles. The van der Waals surface area contributed by atoms with Gasteiger partial charge >= 0.3 is 0 Å². The Morgan fingerprint density at radius 1 is 1.45 bits per heavy atom. The van der Waals surface area contributed by atoms with Gasteiger partial charge in [0, 0.05) is 19.1 Å². The van der Waals surface area contributed by atoms with Crippen LogP contribution in [0.15, 0.2) is 12.3 Å². The largest absolute Gasteiger partial charge is 0.512 e. The first-order chi connectivity index (χ1) is 5.13. The Balaban J connectivity index is 2.97. The highest BCUT2D eigenvalue weighted by Gasteiger charge is 1.91. The number of nitrogens with one attached hydrogen (secondary N) is 2. The Labute approximate surface area is 68.5 Å². The Bertz CT molecular complexity index is 113. The van der Waals surface area contributed by atoms with E-state index in [1.165, 1.54) is 0 Å². The van der Waals surface area contributed by atoms with Crippen LogP contribution in [0.1, 0.15) is 13.8 Å². The molecule has 0 rings (SSSR count). The normalized spacial score (nSPS) is 10.5. The third-order valence-corrected chi connectivity index (χ3v) is 1.18. The number of hydrogen-bond donors (Lipinski definition) is 3. The van der Waals surface area contributed by atoms with Crippen LogP contribution < -0.4 is 10.6 Å². The highest BCUT2D eigenvalue weighted by atomic mass is 16.3. The van der Waals surface area contributed by atoms with Crippen molar-refractivity contribution in [3.05, 3.63) is 12.3 Å². The van der Waals surface area contributed by atoms with Gasteiger partial charge in [0.25, 0.3) is 0 Å². The van der Waals surface area contributed by atoms with Crippen LogP contribution in [0.25, 0.3) is 0 Å². The van der Waals surface area contributed by atoms with Crippen LogP contribution >= 0.6 is 0 Å². The number of rotatable bonds is 6. The Hall–Kier alpha value is -0.540. The van der Waals surface area contributed by atoms with Crippen LogP contribution in [0.3, 0.4) is 0 Å². The van der Waals surface area contributed by atoms with Crippen LogP contribution in [0, 0.1) is 0 Å². The van der Waals surface area contributed by atoms with Gasteiger partial charge in [-0.15, -0.1) is 0 Å². The third-order valence-electron chi connectivity index (χ3n) is 1.18. The fourth-order valence-corrected chi connectivity index (χ4v) is 0.682. The van der Waals surface area contributed by atoms with Gasteiger partial charge in [0.1, 0.15) is 0 Å². The van der Waals surface area contributed by atoms with Gasteiger partial charge in [-0.05, 0) is 0 Å². The van der Waals surface area contributed by atoms with Crippen molar-refractivity contribution in [2.24, 2.45) is 0 Å². The van der Waals surface area contributed by atoms with E-state index in [9.17, 15) is 0 Å². The zero-order valence-corrected chi connectivity index (χ0v) is 7.35. The molecule has 0 radical (unpaired) electrons. The number of aliphatic hydroxyl groups is 1. The van der Waals surface area contributed by atoms with Gasteiger partial charge < -0.3 is 15.7 Å². The second-order valence-corrected chi connectivity index (χ2v) is 2.85. The first-order valence-corrected chi connectivity index (χ1v) is 3.93. The molecule has 0 atom stereocenters. The average Bonchev–Trinajstić information content (AvgIpc) is 1.85. The Morgan fingerprint density at radius 3 is 2.55 bits per heavy atom.